The summed E-state index contributed by atoms with van der Waals surface area (Å²) < 4.78 is 19.8. The molecular weight excluding hydrogens is 852 g/mol. The summed E-state index contributed by atoms with van der Waals surface area (Å²) in [7, 11) is 3.79. The maximum absolute atomic E-state index is 16.1. The zero-order valence-corrected chi connectivity index (χ0v) is 38.7. The van der Waals surface area contributed by atoms with E-state index in [2.05, 4.69) is 59.3 Å². The summed E-state index contributed by atoms with van der Waals surface area (Å²) in [4.78, 5) is 77.1. The van der Waals surface area contributed by atoms with Crippen molar-refractivity contribution in [1.29, 1.82) is 0 Å². The monoisotopic (exact) mass is 910 g/mol. The van der Waals surface area contributed by atoms with Crippen LogP contribution in [0.4, 0.5) is 15.8 Å². The van der Waals surface area contributed by atoms with Gasteiger partial charge >= 0.3 is 0 Å². The second-order valence-electron chi connectivity index (χ2n) is 18.4. The summed E-state index contributed by atoms with van der Waals surface area (Å²) in [5, 5.41) is 8.95. The Balaban J connectivity index is 0.762. The predicted octanol–water partition coefficient (Wildman–Crippen LogP) is 5.27. The van der Waals surface area contributed by atoms with Gasteiger partial charge in [-0.05, 0) is 105 Å². The molecule has 0 radical (unpaired) electrons. The van der Waals surface area contributed by atoms with E-state index >= 15 is 4.39 Å². The van der Waals surface area contributed by atoms with E-state index in [9.17, 15) is 24.0 Å². The first-order valence-corrected chi connectivity index (χ1v) is 23.4. The van der Waals surface area contributed by atoms with Gasteiger partial charge in [0.05, 0.1) is 5.69 Å². The molecule has 0 spiro atoms. The molecule has 3 N–H and O–H groups in total. The molecular formula is C51H59FN10O5. The lowest BCUT2D eigenvalue weighted by Gasteiger charge is -2.39. The second-order valence-corrected chi connectivity index (χ2v) is 18.4. The van der Waals surface area contributed by atoms with Crippen molar-refractivity contribution >= 4 is 51.6 Å². The first-order chi connectivity index (χ1) is 32.3. The molecule has 9 rings (SSSR count). The number of pyridine rings is 2. The molecule has 3 aromatic heterocycles. The van der Waals surface area contributed by atoms with Crippen LogP contribution in [0.25, 0.3) is 22.3 Å². The van der Waals surface area contributed by atoms with Crippen LogP contribution in [0, 0.1) is 18.7 Å². The number of anilines is 2. The molecule has 0 bridgehead atoms. The van der Waals surface area contributed by atoms with E-state index in [-0.39, 0.29) is 41.6 Å². The number of piperidine rings is 2. The number of rotatable bonds is 11. The van der Waals surface area contributed by atoms with Gasteiger partial charge in [-0.25, -0.2) is 9.37 Å². The average Bonchev–Trinajstić information content (AvgIpc) is 3.68. The zero-order chi connectivity index (χ0) is 46.9. The molecule has 3 saturated heterocycles. The van der Waals surface area contributed by atoms with Crippen LogP contribution in [0.5, 0.6) is 0 Å². The number of hydrogen-bond acceptors (Lipinski definition) is 10. The van der Waals surface area contributed by atoms with Gasteiger partial charge in [-0.2, -0.15) is 0 Å². The van der Waals surface area contributed by atoms with Gasteiger partial charge in [0.2, 0.25) is 11.8 Å². The average molecular weight is 911 g/mol. The number of benzene rings is 2. The van der Waals surface area contributed by atoms with Crippen molar-refractivity contribution in [3.63, 3.8) is 0 Å². The lowest BCUT2D eigenvalue weighted by molar-refractivity contribution is -0.134. The van der Waals surface area contributed by atoms with Gasteiger partial charge in [0.25, 0.3) is 17.4 Å². The number of nitrogens with one attached hydrogen (secondary N) is 3. The van der Waals surface area contributed by atoms with E-state index in [0.29, 0.717) is 55.1 Å². The number of carbonyl (C=O) groups excluding carboxylic acids is 4. The minimum Gasteiger partial charge on any atom is -0.388 e. The van der Waals surface area contributed by atoms with Crippen LogP contribution in [0.15, 0.2) is 83.9 Å². The fourth-order valence-corrected chi connectivity index (χ4v) is 10.4. The molecule has 1 unspecified atom stereocenters. The van der Waals surface area contributed by atoms with E-state index in [4.69, 9.17) is 0 Å². The summed E-state index contributed by atoms with van der Waals surface area (Å²) >= 11 is 0. The summed E-state index contributed by atoms with van der Waals surface area (Å²) in [6.07, 6.45) is 8.55. The smallest absolute Gasteiger partial charge is 0.257 e. The van der Waals surface area contributed by atoms with Crippen molar-refractivity contribution < 1.29 is 23.6 Å². The molecule has 4 aliphatic rings. The summed E-state index contributed by atoms with van der Waals surface area (Å²) in [5.41, 5.74) is 7.37. The highest BCUT2D eigenvalue weighted by Gasteiger charge is 2.31. The number of amides is 4. The minimum atomic E-state index is -0.724. The van der Waals surface area contributed by atoms with Crippen molar-refractivity contribution in [3.05, 3.63) is 123 Å². The van der Waals surface area contributed by atoms with Gasteiger partial charge in [-0.1, -0.05) is 12.1 Å². The Hall–Kier alpha value is -6.65. The molecule has 67 heavy (non-hydrogen) atoms. The molecule has 3 fully saturated rings. The number of likely N-dealkylation sites (tertiary alicyclic amines) is 1. The standard InChI is InChI=1S/C51H59FN10O5/c1-32-26-37(28-41(52)47(32)35-13-19-59(20-14-35)33(2)44-30-40-43(10-16-54-48(40)57(44)4)62-21-15-38(53-3)29-46(62)64)51(67)61-17-11-34(12-18-61)31-58-22-24-60(25-23-58)39-7-5-6-36(27-39)49(65)55-42-8-9-45(63)56-50(42)66/h5-7,10,13,15-16,21,26-30,33-34,42,53H,8-9,11-12,14,17-20,22-25,31H2,1-4H3,(H,55,65)(H,56,63,66)/t33-,42?/m0/s1. The Labute approximate surface area is 389 Å². The quantitative estimate of drug-likeness (QED) is 0.149. The zero-order valence-electron chi connectivity index (χ0n) is 38.7. The van der Waals surface area contributed by atoms with Gasteiger partial charge in [0.1, 0.15) is 17.5 Å². The van der Waals surface area contributed by atoms with Crippen molar-refractivity contribution in [1.82, 2.24) is 39.5 Å². The molecule has 16 heteroatoms. The van der Waals surface area contributed by atoms with Crippen LogP contribution in [-0.4, -0.2) is 124 Å². The lowest BCUT2D eigenvalue weighted by atomic mass is 9.92. The number of fused-ring (bicyclic) bond motifs is 1. The number of imide groups is 1. The molecule has 5 aromatic rings. The fraction of sp³-hybridized carbons (Fsp3) is 0.412. The molecule has 350 valence electrons. The van der Waals surface area contributed by atoms with Crippen molar-refractivity contribution in [2.24, 2.45) is 13.0 Å². The molecule has 4 aliphatic heterocycles. The number of piperazine rings is 1. The van der Waals surface area contributed by atoms with Crippen LogP contribution in [0.1, 0.15) is 82.6 Å². The topological polar surface area (TPSA) is 157 Å². The lowest BCUT2D eigenvalue weighted by Crippen LogP contribution is -2.52. The normalized spacial score (nSPS) is 19.3. The first kappa shape index (κ1) is 45.5. The van der Waals surface area contributed by atoms with E-state index in [1.807, 2.05) is 55.3 Å². The highest BCUT2D eigenvalue weighted by Crippen LogP contribution is 2.35. The SMILES string of the molecule is CNc1ccn(-c2ccnc3c2cc([C@H](C)N2CC=C(c4c(C)cc(C(=O)N5CCC(CN6CCN(c7cccc(C(=O)NC8CCC(=O)NC8=O)c7)CC6)CC5)cc4F)CC2)n3C)c(=O)c1. The number of aromatic nitrogens is 3. The molecule has 4 amide bonds. The van der Waals surface area contributed by atoms with E-state index < -0.39 is 11.9 Å². The summed E-state index contributed by atoms with van der Waals surface area (Å²) in [6.45, 7) is 11.0. The molecule has 0 aliphatic carbocycles. The van der Waals surface area contributed by atoms with Crippen molar-refractivity contribution in [3.8, 4) is 5.69 Å². The molecule has 15 nitrogen and oxygen atoms in total. The minimum absolute atomic E-state index is 0.0292. The van der Waals surface area contributed by atoms with E-state index in [0.717, 1.165) is 97.0 Å². The number of halogens is 1. The van der Waals surface area contributed by atoms with E-state index in [1.54, 1.807) is 36.1 Å². The van der Waals surface area contributed by atoms with Crippen molar-refractivity contribution in [2.75, 3.05) is 76.2 Å². The van der Waals surface area contributed by atoms with Crippen LogP contribution >= 0.6 is 0 Å². The van der Waals surface area contributed by atoms with Crippen molar-refractivity contribution in [2.45, 2.75) is 58.0 Å². The number of carbonyl (C=O) groups is 4. The summed E-state index contributed by atoms with van der Waals surface area (Å²) in [5.74, 6) is -1.16. The van der Waals surface area contributed by atoms with Crippen LogP contribution in [-0.2, 0) is 16.6 Å². The molecule has 7 heterocycles. The Bertz CT molecular complexity index is 2800. The third-order valence-corrected chi connectivity index (χ3v) is 14.3. The fourth-order valence-electron chi connectivity index (χ4n) is 10.4. The molecule has 0 saturated carbocycles. The number of hydrogen-bond donors (Lipinski definition) is 3. The highest BCUT2D eigenvalue weighted by molar-refractivity contribution is 6.04. The van der Waals surface area contributed by atoms with Gasteiger partial charge in [0.15, 0.2) is 0 Å². The Kier molecular flexibility index (Phi) is 13.1. The largest absolute Gasteiger partial charge is 0.388 e. The predicted molar refractivity (Wildman–Crippen MR) is 257 cm³/mol. The molecule has 2 atom stereocenters. The van der Waals surface area contributed by atoms with E-state index in [1.165, 1.54) is 6.07 Å². The second kappa shape index (κ2) is 19.3. The van der Waals surface area contributed by atoms with Gasteiger partial charge in [-0.15, -0.1) is 0 Å². The molecule has 2 aromatic carbocycles. The maximum atomic E-state index is 16.1. The third kappa shape index (κ3) is 9.50. The van der Waals surface area contributed by atoms with Crippen LogP contribution in [0.3, 0.4) is 0 Å². The number of aryl methyl sites for hydroxylation is 2. The first-order valence-electron chi connectivity index (χ1n) is 23.4. The van der Waals surface area contributed by atoms with Crippen LogP contribution in [0.2, 0.25) is 0 Å². The third-order valence-electron chi connectivity index (χ3n) is 14.3. The highest BCUT2D eigenvalue weighted by atomic mass is 19.1. The Morgan fingerprint density at radius 3 is 2.40 bits per heavy atom. The maximum Gasteiger partial charge on any atom is 0.257 e. The number of nitrogens with zero attached hydrogens (tertiary/aromatic N) is 7. The Morgan fingerprint density at radius 1 is 0.910 bits per heavy atom. The van der Waals surface area contributed by atoms with Gasteiger partial charge in [0, 0.05) is 143 Å². The van der Waals surface area contributed by atoms with Crippen LogP contribution < -0.4 is 26.4 Å². The van der Waals surface area contributed by atoms with Gasteiger partial charge in [-0.3, -0.25) is 43.7 Å². The van der Waals surface area contributed by atoms with Gasteiger partial charge < -0.3 is 25.0 Å². The summed E-state index contributed by atoms with van der Waals surface area (Å²) in [6, 6.07) is 17.4. The Morgan fingerprint density at radius 2 is 1.70 bits per heavy atom.